The predicted molar refractivity (Wildman–Crippen MR) is 131 cm³/mol. The number of carbonyl (C=O) groups excluding carboxylic acids is 1. The van der Waals surface area contributed by atoms with Crippen LogP contribution in [0.2, 0.25) is 0 Å². The summed E-state index contributed by atoms with van der Waals surface area (Å²) in [6.07, 6.45) is 8.30. The van der Waals surface area contributed by atoms with Crippen molar-refractivity contribution >= 4 is 28.2 Å². The van der Waals surface area contributed by atoms with E-state index in [1.165, 1.54) is 11.3 Å². The largest absolute Gasteiger partial charge is 0.458 e. The van der Waals surface area contributed by atoms with Crippen LogP contribution in [-0.4, -0.2) is 37.3 Å². The molecule has 1 aliphatic heterocycles. The minimum atomic E-state index is -0.411. The SMILES string of the molecule is C=CCc1cccnc1-c1ncc(C(=O)N2CCc3[nH]cnc3[C@H]2c2cc3ccccc3o2)s1. The number of hydrogen-bond acceptors (Lipinski definition) is 6. The molecule has 1 atom stereocenters. The minimum absolute atomic E-state index is 0.0935. The number of aromatic nitrogens is 4. The lowest BCUT2D eigenvalue weighted by atomic mass is 10.00. The lowest BCUT2D eigenvalue weighted by Gasteiger charge is -2.33. The number of carbonyl (C=O) groups is 1. The number of hydrogen-bond donors (Lipinski definition) is 1. The molecule has 168 valence electrons. The van der Waals surface area contributed by atoms with Gasteiger partial charge in [0.1, 0.15) is 33.0 Å². The number of rotatable bonds is 5. The number of amides is 1. The number of nitrogens with one attached hydrogen (secondary N) is 1. The first-order valence-corrected chi connectivity index (χ1v) is 11.9. The Morgan fingerprint density at radius 2 is 2.15 bits per heavy atom. The summed E-state index contributed by atoms with van der Waals surface area (Å²) in [7, 11) is 0. The van der Waals surface area contributed by atoms with Crippen LogP contribution in [-0.2, 0) is 12.8 Å². The second-order valence-corrected chi connectivity index (χ2v) is 9.17. The molecule has 0 spiro atoms. The van der Waals surface area contributed by atoms with Gasteiger partial charge in [0.15, 0.2) is 0 Å². The Bertz CT molecular complexity index is 1480. The van der Waals surface area contributed by atoms with E-state index in [0.29, 0.717) is 30.0 Å². The van der Waals surface area contributed by atoms with Crippen LogP contribution in [0, 0.1) is 0 Å². The van der Waals surface area contributed by atoms with Gasteiger partial charge in [0, 0.05) is 30.2 Å². The summed E-state index contributed by atoms with van der Waals surface area (Å²) in [6.45, 7) is 4.38. The van der Waals surface area contributed by atoms with Crippen LogP contribution in [0.3, 0.4) is 0 Å². The number of pyridine rings is 1. The van der Waals surface area contributed by atoms with Crippen molar-refractivity contribution in [2.24, 2.45) is 0 Å². The van der Waals surface area contributed by atoms with Crippen molar-refractivity contribution in [1.82, 2.24) is 24.8 Å². The maximum absolute atomic E-state index is 13.8. The van der Waals surface area contributed by atoms with Crippen molar-refractivity contribution < 1.29 is 9.21 Å². The monoisotopic (exact) mass is 467 g/mol. The smallest absolute Gasteiger partial charge is 0.266 e. The summed E-state index contributed by atoms with van der Waals surface area (Å²) >= 11 is 1.36. The van der Waals surface area contributed by atoms with E-state index in [1.807, 2.05) is 53.4 Å². The zero-order valence-electron chi connectivity index (χ0n) is 18.3. The van der Waals surface area contributed by atoms with Crippen LogP contribution in [0.5, 0.6) is 0 Å². The Hall–Kier alpha value is -4.04. The third-order valence-corrected chi connectivity index (χ3v) is 7.07. The molecule has 0 aliphatic carbocycles. The van der Waals surface area contributed by atoms with Gasteiger partial charge in [0.25, 0.3) is 5.91 Å². The van der Waals surface area contributed by atoms with Gasteiger partial charge < -0.3 is 14.3 Å². The maximum atomic E-state index is 13.8. The van der Waals surface area contributed by atoms with Crippen molar-refractivity contribution in [2.45, 2.75) is 18.9 Å². The number of H-pyrrole nitrogens is 1. The molecule has 1 N–H and O–H groups in total. The molecule has 34 heavy (non-hydrogen) atoms. The zero-order valence-corrected chi connectivity index (χ0v) is 19.1. The van der Waals surface area contributed by atoms with E-state index >= 15 is 0 Å². The van der Waals surface area contributed by atoms with Crippen LogP contribution in [0.4, 0.5) is 0 Å². The molecule has 5 heterocycles. The fraction of sp³-hybridized carbons (Fsp3) is 0.154. The second kappa shape index (κ2) is 8.39. The van der Waals surface area contributed by atoms with E-state index < -0.39 is 6.04 Å². The quantitative estimate of drug-likeness (QED) is 0.359. The van der Waals surface area contributed by atoms with E-state index in [-0.39, 0.29) is 5.91 Å². The molecule has 1 amide bonds. The zero-order chi connectivity index (χ0) is 23.1. The van der Waals surface area contributed by atoms with Crippen molar-refractivity contribution in [3.8, 4) is 10.7 Å². The average Bonchev–Trinajstić information content (AvgIpc) is 3.62. The average molecular weight is 468 g/mol. The number of furan rings is 1. The first kappa shape index (κ1) is 20.6. The minimum Gasteiger partial charge on any atom is -0.458 e. The van der Waals surface area contributed by atoms with Gasteiger partial charge in [-0.2, -0.15) is 0 Å². The molecule has 1 aliphatic rings. The van der Waals surface area contributed by atoms with E-state index in [9.17, 15) is 4.79 Å². The highest BCUT2D eigenvalue weighted by Crippen LogP contribution is 2.38. The van der Waals surface area contributed by atoms with E-state index in [4.69, 9.17) is 4.42 Å². The van der Waals surface area contributed by atoms with Crippen molar-refractivity contribution in [1.29, 1.82) is 0 Å². The molecule has 0 fully saturated rings. The Labute approximate surface area is 199 Å². The number of aromatic amines is 1. The standard InChI is InChI=1S/C26H21N5O2S/c1-2-6-16-8-5-11-27-22(16)25-28-14-21(34-25)26(32)31-12-10-18-23(30-15-29-18)24(31)20-13-17-7-3-4-9-19(17)33-20/h2-5,7-9,11,13-15,24H,1,6,10,12H2,(H,29,30)/t24-/m1/s1. The molecule has 1 aromatic carbocycles. The summed E-state index contributed by atoms with van der Waals surface area (Å²) in [5, 5.41) is 1.72. The Balaban J connectivity index is 1.38. The van der Waals surface area contributed by atoms with Gasteiger partial charge >= 0.3 is 0 Å². The molecule has 5 aromatic rings. The summed E-state index contributed by atoms with van der Waals surface area (Å²) < 4.78 is 6.19. The lowest BCUT2D eigenvalue weighted by molar-refractivity contribution is 0.0677. The number of allylic oxidation sites excluding steroid dienone is 1. The summed E-state index contributed by atoms with van der Waals surface area (Å²) in [6, 6.07) is 13.3. The highest BCUT2D eigenvalue weighted by Gasteiger charge is 2.37. The summed E-state index contributed by atoms with van der Waals surface area (Å²) in [5.74, 6) is 0.606. The molecule has 7 nitrogen and oxygen atoms in total. The molecular formula is C26H21N5O2S. The van der Waals surface area contributed by atoms with E-state index in [1.54, 1.807) is 18.7 Å². The molecule has 8 heteroatoms. The van der Waals surface area contributed by atoms with Gasteiger partial charge in [0.2, 0.25) is 0 Å². The highest BCUT2D eigenvalue weighted by molar-refractivity contribution is 7.16. The number of thiazole rings is 1. The van der Waals surface area contributed by atoms with Gasteiger partial charge in [-0.3, -0.25) is 9.78 Å². The number of nitrogens with zero attached hydrogens (tertiary/aromatic N) is 4. The number of para-hydroxylation sites is 1. The molecule has 4 aromatic heterocycles. The molecule has 6 rings (SSSR count). The normalized spacial score (nSPS) is 15.4. The molecule has 0 saturated heterocycles. The number of imidazole rings is 1. The van der Waals surface area contributed by atoms with E-state index in [0.717, 1.165) is 38.6 Å². The predicted octanol–water partition coefficient (Wildman–Crippen LogP) is 5.19. The first-order chi connectivity index (χ1) is 16.7. The van der Waals surface area contributed by atoms with Crippen molar-refractivity contribution in [3.05, 3.63) is 101 Å². The molecule has 0 bridgehead atoms. The van der Waals surface area contributed by atoms with Gasteiger partial charge in [0.05, 0.1) is 18.2 Å². The van der Waals surface area contributed by atoms with E-state index in [2.05, 4.69) is 26.5 Å². The third-order valence-electron chi connectivity index (χ3n) is 6.07. The van der Waals surface area contributed by atoms with Crippen LogP contribution in [0.1, 0.15) is 38.4 Å². The van der Waals surface area contributed by atoms with Crippen LogP contribution in [0.15, 0.2) is 78.3 Å². The van der Waals surface area contributed by atoms with Gasteiger partial charge in [-0.05, 0) is 30.2 Å². The molecule has 0 saturated carbocycles. The third kappa shape index (κ3) is 3.43. The van der Waals surface area contributed by atoms with Crippen LogP contribution < -0.4 is 0 Å². The number of benzene rings is 1. The fourth-order valence-corrected chi connectivity index (χ4v) is 5.40. The van der Waals surface area contributed by atoms with Crippen LogP contribution >= 0.6 is 11.3 Å². The Kier molecular flexibility index (Phi) is 5.07. The van der Waals surface area contributed by atoms with Gasteiger partial charge in [-0.15, -0.1) is 17.9 Å². The van der Waals surface area contributed by atoms with Crippen LogP contribution in [0.25, 0.3) is 21.7 Å². The molecule has 0 radical (unpaired) electrons. The number of fused-ring (bicyclic) bond motifs is 2. The topological polar surface area (TPSA) is 87.9 Å². The maximum Gasteiger partial charge on any atom is 0.266 e. The molecular weight excluding hydrogens is 446 g/mol. The molecule has 0 unspecified atom stereocenters. The first-order valence-electron chi connectivity index (χ1n) is 11.1. The van der Waals surface area contributed by atoms with Crippen molar-refractivity contribution in [2.75, 3.05) is 6.54 Å². The highest BCUT2D eigenvalue weighted by atomic mass is 32.1. The Morgan fingerprint density at radius 1 is 1.24 bits per heavy atom. The van der Waals surface area contributed by atoms with Gasteiger partial charge in [-0.1, -0.05) is 30.3 Å². The summed E-state index contributed by atoms with van der Waals surface area (Å²) in [5.41, 5.74) is 4.46. The Morgan fingerprint density at radius 3 is 3.03 bits per heavy atom. The van der Waals surface area contributed by atoms with Crippen molar-refractivity contribution in [3.63, 3.8) is 0 Å². The lowest BCUT2D eigenvalue weighted by Crippen LogP contribution is -2.40. The fourth-order valence-electron chi connectivity index (χ4n) is 4.50. The second-order valence-electron chi connectivity index (χ2n) is 8.14. The summed E-state index contributed by atoms with van der Waals surface area (Å²) in [4.78, 5) is 33.0. The van der Waals surface area contributed by atoms with Gasteiger partial charge in [-0.25, -0.2) is 9.97 Å².